The van der Waals surface area contributed by atoms with Crippen LogP contribution in [0.25, 0.3) is 0 Å². The van der Waals surface area contributed by atoms with Crippen molar-refractivity contribution in [2.75, 3.05) is 13.1 Å². The zero-order chi connectivity index (χ0) is 17.9. The average Bonchev–Trinajstić information content (AvgIpc) is 2.49. The molecule has 24 heavy (non-hydrogen) atoms. The summed E-state index contributed by atoms with van der Waals surface area (Å²) in [4.78, 5) is 26.1. The van der Waals surface area contributed by atoms with E-state index in [4.69, 9.17) is 4.74 Å². The lowest BCUT2D eigenvalue weighted by Gasteiger charge is -2.33. The summed E-state index contributed by atoms with van der Waals surface area (Å²) in [6.07, 6.45) is 1.22. The Morgan fingerprint density at radius 3 is 2.29 bits per heavy atom. The van der Waals surface area contributed by atoms with Gasteiger partial charge in [0.05, 0.1) is 0 Å². The fourth-order valence-corrected chi connectivity index (χ4v) is 2.68. The molecular weight excluding hydrogens is 304 g/mol. The van der Waals surface area contributed by atoms with Crippen molar-refractivity contribution in [2.45, 2.75) is 59.1 Å². The van der Waals surface area contributed by atoms with Crippen LogP contribution in [0.15, 0.2) is 18.2 Å². The van der Waals surface area contributed by atoms with Crippen LogP contribution in [0.5, 0.6) is 0 Å². The fraction of sp³-hybridized carbons (Fsp3) is 0.579. The zero-order valence-corrected chi connectivity index (χ0v) is 15.3. The lowest BCUT2D eigenvalue weighted by atomic mass is 10.0. The van der Waals surface area contributed by atoms with Crippen LogP contribution in [0.1, 0.15) is 55.1 Å². The summed E-state index contributed by atoms with van der Waals surface area (Å²) < 4.78 is 5.39. The molecule has 0 saturated carbocycles. The van der Waals surface area contributed by atoms with Crippen molar-refractivity contribution >= 4 is 12.0 Å². The number of nitrogens with one attached hydrogen (secondary N) is 1. The topological polar surface area (TPSA) is 58.6 Å². The van der Waals surface area contributed by atoms with Crippen molar-refractivity contribution < 1.29 is 14.3 Å². The molecule has 0 aliphatic carbocycles. The first-order valence-corrected chi connectivity index (χ1v) is 8.52. The van der Waals surface area contributed by atoms with Crippen molar-refractivity contribution in [3.8, 4) is 0 Å². The Kier molecular flexibility index (Phi) is 5.52. The van der Waals surface area contributed by atoms with Crippen LogP contribution in [0.2, 0.25) is 0 Å². The van der Waals surface area contributed by atoms with E-state index < -0.39 is 5.60 Å². The van der Waals surface area contributed by atoms with Crippen LogP contribution >= 0.6 is 0 Å². The summed E-state index contributed by atoms with van der Waals surface area (Å²) in [5.41, 5.74) is 2.50. The van der Waals surface area contributed by atoms with Crippen molar-refractivity contribution in [1.29, 1.82) is 0 Å². The third-order valence-corrected chi connectivity index (χ3v) is 4.25. The first-order valence-electron chi connectivity index (χ1n) is 8.52. The Labute approximate surface area is 144 Å². The molecule has 1 aliphatic rings. The average molecular weight is 332 g/mol. The monoisotopic (exact) mass is 332 g/mol. The van der Waals surface area contributed by atoms with Gasteiger partial charge in [0.1, 0.15) is 5.60 Å². The normalized spacial score (nSPS) is 16.0. The van der Waals surface area contributed by atoms with Gasteiger partial charge in [0.2, 0.25) is 0 Å². The van der Waals surface area contributed by atoms with Gasteiger partial charge in [-0.05, 0) is 70.7 Å². The molecule has 0 atom stereocenters. The highest BCUT2D eigenvalue weighted by Crippen LogP contribution is 2.16. The quantitative estimate of drug-likeness (QED) is 0.902. The van der Waals surface area contributed by atoms with Crippen molar-refractivity contribution in [1.82, 2.24) is 10.2 Å². The second-order valence-corrected chi connectivity index (χ2v) is 7.51. The molecule has 1 aliphatic heterocycles. The highest BCUT2D eigenvalue weighted by Gasteiger charge is 2.27. The maximum absolute atomic E-state index is 12.4. The zero-order valence-electron chi connectivity index (χ0n) is 15.3. The lowest BCUT2D eigenvalue weighted by Crippen LogP contribution is -2.47. The number of hydrogen-bond donors (Lipinski definition) is 1. The number of ether oxygens (including phenoxy) is 1. The van der Waals surface area contributed by atoms with Gasteiger partial charge >= 0.3 is 6.09 Å². The van der Waals surface area contributed by atoms with Gasteiger partial charge in [-0.25, -0.2) is 4.79 Å². The number of carbonyl (C=O) groups excluding carboxylic acids is 2. The fourth-order valence-electron chi connectivity index (χ4n) is 2.68. The molecule has 1 aromatic rings. The van der Waals surface area contributed by atoms with E-state index in [9.17, 15) is 9.59 Å². The van der Waals surface area contributed by atoms with E-state index in [1.165, 1.54) is 5.56 Å². The van der Waals surface area contributed by atoms with Gasteiger partial charge in [-0.1, -0.05) is 6.07 Å². The number of aryl methyl sites for hydroxylation is 2. The van der Waals surface area contributed by atoms with E-state index in [2.05, 4.69) is 5.32 Å². The predicted molar refractivity (Wildman–Crippen MR) is 94.2 cm³/mol. The first kappa shape index (κ1) is 18.3. The van der Waals surface area contributed by atoms with Gasteiger partial charge in [-0.2, -0.15) is 0 Å². The molecule has 1 fully saturated rings. The molecule has 1 N–H and O–H groups in total. The van der Waals surface area contributed by atoms with E-state index in [-0.39, 0.29) is 18.0 Å². The van der Waals surface area contributed by atoms with Crippen LogP contribution in [-0.4, -0.2) is 41.6 Å². The molecule has 0 unspecified atom stereocenters. The maximum Gasteiger partial charge on any atom is 0.410 e. The minimum atomic E-state index is -0.481. The van der Waals surface area contributed by atoms with Crippen LogP contribution in [0, 0.1) is 13.8 Å². The molecule has 2 rings (SSSR count). The molecular formula is C19H28N2O3. The summed E-state index contributed by atoms with van der Waals surface area (Å²) in [6.45, 7) is 10.8. The van der Waals surface area contributed by atoms with Gasteiger partial charge in [0.25, 0.3) is 5.91 Å². The second-order valence-electron chi connectivity index (χ2n) is 7.51. The SMILES string of the molecule is Cc1ccc(C(=O)NC2CCN(C(=O)OC(C)(C)C)CC2)cc1C. The summed E-state index contributed by atoms with van der Waals surface area (Å²) in [5.74, 6) is -0.0474. The largest absolute Gasteiger partial charge is 0.444 e. The molecule has 1 aromatic carbocycles. The van der Waals surface area contributed by atoms with E-state index in [1.807, 2.05) is 52.8 Å². The number of benzene rings is 1. The second kappa shape index (κ2) is 7.24. The smallest absolute Gasteiger partial charge is 0.410 e. The molecule has 0 spiro atoms. The van der Waals surface area contributed by atoms with E-state index in [1.54, 1.807) is 4.90 Å². The molecule has 1 saturated heterocycles. The lowest BCUT2D eigenvalue weighted by molar-refractivity contribution is 0.0199. The Balaban J connectivity index is 1.85. The summed E-state index contributed by atoms with van der Waals surface area (Å²) in [6, 6.07) is 5.83. The van der Waals surface area contributed by atoms with Crippen molar-refractivity contribution in [3.63, 3.8) is 0 Å². The van der Waals surface area contributed by atoms with Crippen LogP contribution in [-0.2, 0) is 4.74 Å². The number of piperidine rings is 1. The number of carbonyl (C=O) groups is 2. The van der Waals surface area contributed by atoms with E-state index >= 15 is 0 Å². The number of amides is 2. The Morgan fingerprint density at radius 2 is 1.75 bits per heavy atom. The number of nitrogens with zero attached hydrogens (tertiary/aromatic N) is 1. The minimum absolute atomic E-state index is 0.0474. The third kappa shape index (κ3) is 4.98. The third-order valence-electron chi connectivity index (χ3n) is 4.25. The molecule has 2 amide bonds. The molecule has 5 heteroatoms. The van der Waals surface area contributed by atoms with Crippen LogP contribution in [0.3, 0.4) is 0 Å². The van der Waals surface area contributed by atoms with Gasteiger partial charge in [-0.3, -0.25) is 4.79 Å². The number of hydrogen-bond acceptors (Lipinski definition) is 3. The Morgan fingerprint density at radius 1 is 1.12 bits per heavy atom. The number of likely N-dealkylation sites (tertiary alicyclic amines) is 1. The standard InChI is InChI=1S/C19H28N2O3/c1-13-6-7-15(12-14(13)2)17(22)20-16-8-10-21(11-9-16)18(23)24-19(3,4)5/h6-7,12,16H,8-11H2,1-5H3,(H,20,22). The van der Waals surface area contributed by atoms with Gasteiger partial charge < -0.3 is 15.0 Å². The van der Waals surface area contributed by atoms with Gasteiger partial charge in [0.15, 0.2) is 0 Å². The van der Waals surface area contributed by atoms with Crippen molar-refractivity contribution in [3.05, 3.63) is 34.9 Å². The minimum Gasteiger partial charge on any atom is -0.444 e. The molecule has 1 heterocycles. The van der Waals surface area contributed by atoms with E-state index in [0.717, 1.165) is 18.4 Å². The first-order chi connectivity index (χ1) is 11.2. The highest BCUT2D eigenvalue weighted by atomic mass is 16.6. The highest BCUT2D eigenvalue weighted by molar-refractivity contribution is 5.94. The summed E-state index contributed by atoms with van der Waals surface area (Å²) in [5, 5.41) is 3.07. The van der Waals surface area contributed by atoms with Crippen molar-refractivity contribution in [2.24, 2.45) is 0 Å². The Hall–Kier alpha value is -2.04. The summed E-state index contributed by atoms with van der Waals surface area (Å²) in [7, 11) is 0. The Bertz CT molecular complexity index is 612. The molecule has 0 aromatic heterocycles. The molecule has 5 nitrogen and oxygen atoms in total. The number of rotatable bonds is 2. The molecule has 0 bridgehead atoms. The summed E-state index contributed by atoms with van der Waals surface area (Å²) >= 11 is 0. The van der Waals surface area contributed by atoms with Gasteiger partial charge in [0, 0.05) is 24.7 Å². The van der Waals surface area contributed by atoms with E-state index in [0.29, 0.717) is 18.7 Å². The maximum atomic E-state index is 12.4. The predicted octanol–water partition coefficient (Wildman–Crippen LogP) is 3.43. The molecule has 0 radical (unpaired) electrons. The van der Waals surface area contributed by atoms with Crippen LogP contribution in [0.4, 0.5) is 4.79 Å². The van der Waals surface area contributed by atoms with Gasteiger partial charge in [-0.15, -0.1) is 0 Å². The van der Waals surface area contributed by atoms with Crippen LogP contribution < -0.4 is 5.32 Å². The molecule has 132 valence electrons.